The van der Waals surface area contributed by atoms with E-state index in [9.17, 15) is 39.5 Å². The highest BCUT2D eigenvalue weighted by Gasteiger charge is 2.65. The molecule has 1 rings (SSSR count). The van der Waals surface area contributed by atoms with E-state index in [1.54, 1.807) is 0 Å². The molecule has 11 heteroatoms. The molecule has 0 aliphatic heterocycles. The SMILES string of the molecule is CCCCCCCC(F)C(F)(F)C(F)(F)Oc1c(F)c(F)c(C#N)c(F)c1F. The highest BCUT2D eigenvalue weighted by Crippen LogP contribution is 2.43. The second-order valence-electron chi connectivity index (χ2n) is 5.98. The minimum Gasteiger partial charge on any atom is -0.421 e. The van der Waals surface area contributed by atoms with Gasteiger partial charge in [0, 0.05) is 0 Å². The fraction of sp³-hybridized carbons (Fsp3) is 0.588. The van der Waals surface area contributed by atoms with Crippen molar-refractivity contribution in [3.8, 4) is 11.8 Å². The molecule has 0 aromatic heterocycles. The van der Waals surface area contributed by atoms with Gasteiger partial charge in [0.15, 0.2) is 17.8 Å². The Bertz CT molecular complexity index is 701. The summed E-state index contributed by atoms with van der Waals surface area (Å²) in [5.74, 6) is -18.1. The summed E-state index contributed by atoms with van der Waals surface area (Å²) in [6.45, 7) is 1.86. The van der Waals surface area contributed by atoms with Crippen molar-refractivity contribution >= 4 is 0 Å². The molecule has 28 heavy (non-hydrogen) atoms. The van der Waals surface area contributed by atoms with Gasteiger partial charge in [-0.25, -0.2) is 13.2 Å². The number of benzene rings is 1. The van der Waals surface area contributed by atoms with Gasteiger partial charge in [0.1, 0.15) is 11.6 Å². The van der Waals surface area contributed by atoms with E-state index in [0.717, 1.165) is 18.9 Å². The first-order valence-corrected chi connectivity index (χ1v) is 8.27. The van der Waals surface area contributed by atoms with Crippen LogP contribution in [-0.2, 0) is 0 Å². The maximum atomic E-state index is 13.7. The fourth-order valence-corrected chi connectivity index (χ4v) is 2.29. The Morgan fingerprint density at radius 3 is 1.86 bits per heavy atom. The lowest BCUT2D eigenvalue weighted by Crippen LogP contribution is -2.52. The van der Waals surface area contributed by atoms with Crippen molar-refractivity contribution in [3.63, 3.8) is 0 Å². The third-order valence-electron chi connectivity index (χ3n) is 3.91. The molecule has 1 aromatic rings. The maximum Gasteiger partial charge on any atom is 0.467 e. The Kier molecular flexibility index (Phi) is 8.02. The zero-order chi connectivity index (χ0) is 21.7. The number of nitrogens with zero attached hydrogens (tertiary/aromatic N) is 1. The smallest absolute Gasteiger partial charge is 0.421 e. The van der Waals surface area contributed by atoms with Crippen LogP contribution < -0.4 is 4.74 Å². The molecule has 2 nitrogen and oxygen atoms in total. The summed E-state index contributed by atoms with van der Waals surface area (Å²) in [5.41, 5.74) is -1.80. The van der Waals surface area contributed by atoms with Crippen LogP contribution in [0.1, 0.15) is 51.0 Å². The van der Waals surface area contributed by atoms with E-state index in [0.29, 0.717) is 12.8 Å². The number of unbranched alkanes of at least 4 members (excludes halogenated alkanes) is 4. The van der Waals surface area contributed by atoms with E-state index in [2.05, 4.69) is 4.74 Å². The number of nitriles is 1. The Morgan fingerprint density at radius 2 is 1.39 bits per heavy atom. The number of alkyl halides is 5. The van der Waals surface area contributed by atoms with Crippen molar-refractivity contribution < 1.29 is 44.3 Å². The minimum absolute atomic E-state index is 0.157. The first-order chi connectivity index (χ1) is 12.9. The zero-order valence-corrected chi connectivity index (χ0v) is 14.6. The highest BCUT2D eigenvalue weighted by molar-refractivity contribution is 5.40. The predicted octanol–water partition coefficient (Wildman–Crippen LogP) is 6.42. The summed E-state index contributed by atoms with van der Waals surface area (Å²) in [6.07, 6.45) is -8.01. The van der Waals surface area contributed by atoms with Crippen molar-refractivity contribution in [2.24, 2.45) is 0 Å². The quantitative estimate of drug-likeness (QED) is 0.248. The summed E-state index contributed by atoms with van der Waals surface area (Å²) >= 11 is 0. The van der Waals surface area contributed by atoms with Crippen LogP contribution in [0, 0.1) is 34.6 Å². The Balaban J connectivity index is 3.05. The monoisotopic (exact) mass is 421 g/mol. The lowest BCUT2D eigenvalue weighted by atomic mass is 10.0. The van der Waals surface area contributed by atoms with Crippen LogP contribution in [0.2, 0.25) is 0 Å². The topological polar surface area (TPSA) is 33.0 Å². The first-order valence-electron chi connectivity index (χ1n) is 8.27. The molecule has 0 bridgehead atoms. The lowest BCUT2D eigenvalue weighted by Gasteiger charge is -2.29. The molecule has 1 unspecified atom stereocenters. The predicted molar refractivity (Wildman–Crippen MR) is 79.8 cm³/mol. The Hall–Kier alpha value is -2.12. The third-order valence-corrected chi connectivity index (χ3v) is 3.91. The Labute approximate surface area is 154 Å². The molecule has 1 atom stereocenters. The van der Waals surface area contributed by atoms with Crippen molar-refractivity contribution in [2.75, 3.05) is 0 Å². The van der Waals surface area contributed by atoms with Crippen LogP contribution in [0.4, 0.5) is 39.5 Å². The standard InChI is InChI=1S/C17H16F9NO/c1-2-3-4-5-6-7-10(18)16(23,24)17(25,26)28-15-13(21)11(19)9(8-27)12(20)14(15)22/h10H,2-7H2,1H3. The van der Waals surface area contributed by atoms with Gasteiger partial charge in [0.05, 0.1) is 0 Å². The van der Waals surface area contributed by atoms with Crippen molar-refractivity contribution in [2.45, 2.75) is 63.7 Å². The number of ether oxygens (including phenoxy) is 1. The van der Waals surface area contributed by atoms with Gasteiger partial charge in [-0.05, 0) is 6.42 Å². The van der Waals surface area contributed by atoms with Crippen molar-refractivity contribution in [1.29, 1.82) is 5.26 Å². The van der Waals surface area contributed by atoms with Gasteiger partial charge in [-0.1, -0.05) is 39.0 Å². The summed E-state index contributed by atoms with van der Waals surface area (Å²) in [7, 11) is 0. The van der Waals surface area contributed by atoms with Gasteiger partial charge in [0.25, 0.3) is 0 Å². The first kappa shape index (κ1) is 23.9. The summed E-state index contributed by atoms with van der Waals surface area (Å²) < 4.78 is 126. The van der Waals surface area contributed by atoms with Gasteiger partial charge in [-0.2, -0.15) is 31.6 Å². The molecule has 0 heterocycles. The van der Waals surface area contributed by atoms with Crippen LogP contribution in [0.25, 0.3) is 0 Å². The normalized spacial score (nSPS) is 13.3. The molecular weight excluding hydrogens is 405 g/mol. The zero-order valence-electron chi connectivity index (χ0n) is 14.6. The van der Waals surface area contributed by atoms with Gasteiger partial charge < -0.3 is 4.74 Å². The van der Waals surface area contributed by atoms with Crippen LogP contribution >= 0.6 is 0 Å². The van der Waals surface area contributed by atoms with E-state index in [-0.39, 0.29) is 6.42 Å². The number of rotatable bonds is 10. The van der Waals surface area contributed by atoms with E-state index < -0.39 is 59.2 Å². The summed E-state index contributed by atoms with van der Waals surface area (Å²) in [6, 6.07) is 0.740. The molecule has 0 radical (unpaired) electrons. The van der Waals surface area contributed by atoms with Crippen LogP contribution in [0.3, 0.4) is 0 Å². The van der Waals surface area contributed by atoms with E-state index in [1.165, 1.54) is 0 Å². The maximum absolute atomic E-state index is 13.7. The Morgan fingerprint density at radius 1 is 0.893 bits per heavy atom. The molecule has 0 saturated carbocycles. The van der Waals surface area contributed by atoms with Crippen molar-refractivity contribution in [3.05, 3.63) is 28.8 Å². The van der Waals surface area contributed by atoms with Gasteiger partial charge in [0.2, 0.25) is 17.4 Å². The van der Waals surface area contributed by atoms with E-state index in [4.69, 9.17) is 5.26 Å². The van der Waals surface area contributed by atoms with Crippen LogP contribution in [0.5, 0.6) is 5.75 Å². The largest absolute Gasteiger partial charge is 0.467 e. The van der Waals surface area contributed by atoms with E-state index in [1.807, 2.05) is 6.92 Å². The average Bonchev–Trinajstić information content (AvgIpc) is 2.63. The second kappa shape index (κ2) is 9.39. The molecule has 0 amide bonds. The number of hydrogen-bond donors (Lipinski definition) is 0. The van der Waals surface area contributed by atoms with Crippen LogP contribution in [0.15, 0.2) is 0 Å². The van der Waals surface area contributed by atoms with Gasteiger partial charge in [-0.15, -0.1) is 0 Å². The summed E-state index contributed by atoms with van der Waals surface area (Å²) in [4.78, 5) is 0. The molecule has 0 spiro atoms. The fourth-order valence-electron chi connectivity index (χ4n) is 2.29. The van der Waals surface area contributed by atoms with Crippen LogP contribution in [-0.4, -0.2) is 18.2 Å². The molecule has 0 fully saturated rings. The molecule has 0 aliphatic carbocycles. The summed E-state index contributed by atoms with van der Waals surface area (Å²) in [5, 5.41) is 8.39. The number of halogens is 9. The van der Waals surface area contributed by atoms with Crippen molar-refractivity contribution in [1.82, 2.24) is 0 Å². The molecule has 0 saturated heterocycles. The molecular formula is C17H16F9NO. The number of hydrogen-bond acceptors (Lipinski definition) is 2. The lowest BCUT2D eigenvalue weighted by molar-refractivity contribution is -0.329. The van der Waals surface area contributed by atoms with Gasteiger partial charge in [-0.3, -0.25) is 0 Å². The van der Waals surface area contributed by atoms with E-state index >= 15 is 0 Å². The average molecular weight is 421 g/mol. The van der Waals surface area contributed by atoms with Gasteiger partial charge >= 0.3 is 12.0 Å². The molecule has 158 valence electrons. The molecule has 1 aromatic carbocycles. The third kappa shape index (κ3) is 4.83. The molecule has 0 N–H and O–H groups in total. The minimum atomic E-state index is -5.83. The molecule has 0 aliphatic rings. The second-order valence-corrected chi connectivity index (χ2v) is 5.98. The highest BCUT2D eigenvalue weighted by atomic mass is 19.3.